The first kappa shape index (κ1) is 20.6. The highest BCUT2D eigenvalue weighted by Gasteiger charge is 2.22. The molecular weight excluding hydrogens is 394 g/mol. The Morgan fingerprint density at radius 2 is 1.87 bits per heavy atom. The van der Waals surface area contributed by atoms with Crippen LogP contribution in [0.3, 0.4) is 0 Å². The third-order valence-corrected chi connectivity index (χ3v) is 4.16. The van der Waals surface area contributed by atoms with Crippen LogP contribution in [-0.2, 0) is 16.0 Å². The molecule has 0 saturated carbocycles. The predicted molar refractivity (Wildman–Crippen MR) is 106 cm³/mol. The number of nitrogens with zero attached hydrogens (tertiary/aromatic N) is 1. The summed E-state index contributed by atoms with van der Waals surface area (Å²) in [5.74, 6) is -0.102. The zero-order chi connectivity index (χ0) is 21.5. The lowest BCUT2D eigenvalue weighted by Crippen LogP contribution is -2.43. The normalized spacial score (nSPS) is 11.9. The van der Waals surface area contributed by atoms with E-state index < -0.39 is 16.7 Å². The van der Waals surface area contributed by atoms with Crippen molar-refractivity contribution in [2.45, 2.75) is 13.3 Å². The van der Waals surface area contributed by atoms with Crippen LogP contribution in [0.15, 0.2) is 42.5 Å². The first-order valence-electron chi connectivity index (χ1n) is 9.03. The lowest BCUT2D eigenvalue weighted by molar-refractivity contribution is -0.385. The van der Waals surface area contributed by atoms with Crippen LogP contribution in [0.4, 0.5) is 5.69 Å². The average Bonchev–Trinajstić information content (AvgIpc) is 3.21. The average molecular weight is 413 g/mol. The van der Waals surface area contributed by atoms with E-state index in [-0.39, 0.29) is 30.4 Å². The van der Waals surface area contributed by atoms with E-state index in [2.05, 4.69) is 10.9 Å². The molecule has 3 rings (SSSR count). The van der Waals surface area contributed by atoms with Gasteiger partial charge in [0, 0.05) is 6.08 Å². The maximum Gasteiger partial charge on any atom is 0.280 e. The molecule has 1 heterocycles. The number of amides is 2. The highest BCUT2D eigenvalue weighted by atomic mass is 16.7. The molecule has 0 radical (unpaired) electrons. The highest BCUT2D eigenvalue weighted by Crippen LogP contribution is 2.38. The van der Waals surface area contributed by atoms with Crippen molar-refractivity contribution in [1.29, 1.82) is 0 Å². The molecule has 1 aliphatic rings. The molecule has 0 bridgehead atoms. The van der Waals surface area contributed by atoms with Gasteiger partial charge in [-0.15, -0.1) is 0 Å². The number of ether oxygens (including phenoxy) is 3. The van der Waals surface area contributed by atoms with Gasteiger partial charge in [0.2, 0.25) is 6.79 Å². The fraction of sp³-hybridized carbons (Fsp3) is 0.200. The number of hydrogen-bond donors (Lipinski definition) is 2. The van der Waals surface area contributed by atoms with Gasteiger partial charge >= 0.3 is 0 Å². The molecule has 0 saturated heterocycles. The van der Waals surface area contributed by atoms with Gasteiger partial charge in [-0.05, 0) is 36.3 Å². The number of carbonyl (C=O) groups is 2. The Bertz CT molecular complexity index is 987. The fourth-order valence-corrected chi connectivity index (χ4v) is 2.58. The van der Waals surface area contributed by atoms with Crippen LogP contribution in [0.2, 0.25) is 0 Å². The zero-order valence-electron chi connectivity index (χ0n) is 16.0. The number of nitrogens with one attached hydrogen (secondary N) is 2. The number of carbonyl (C=O) groups excluding carboxylic acids is 2. The van der Waals surface area contributed by atoms with Crippen LogP contribution in [0, 0.1) is 10.1 Å². The monoisotopic (exact) mass is 413 g/mol. The number of hydrogen-bond acceptors (Lipinski definition) is 7. The van der Waals surface area contributed by atoms with E-state index in [1.165, 1.54) is 18.2 Å². The molecule has 1 aliphatic heterocycles. The zero-order valence-corrected chi connectivity index (χ0v) is 16.0. The summed E-state index contributed by atoms with van der Waals surface area (Å²) in [5, 5.41) is 11.2. The van der Waals surface area contributed by atoms with E-state index in [9.17, 15) is 19.7 Å². The Balaban J connectivity index is 1.51. The number of benzene rings is 2. The minimum atomic E-state index is -0.678. The molecule has 10 heteroatoms. The minimum Gasteiger partial charge on any atom is -0.484 e. The lowest BCUT2D eigenvalue weighted by atomic mass is 10.1. The van der Waals surface area contributed by atoms with Crippen molar-refractivity contribution in [1.82, 2.24) is 10.9 Å². The van der Waals surface area contributed by atoms with Gasteiger partial charge in [-0.3, -0.25) is 30.6 Å². The summed E-state index contributed by atoms with van der Waals surface area (Å²) in [6.45, 7) is 1.71. The van der Waals surface area contributed by atoms with Crippen LogP contribution in [-0.4, -0.2) is 30.1 Å². The highest BCUT2D eigenvalue weighted by molar-refractivity contribution is 5.94. The van der Waals surface area contributed by atoms with E-state index in [4.69, 9.17) is 14.2 Å². The maximum absolute atomic E-state index is 11.9. The van der Waals surface area contributed by atoms with Crippen LogP contribution in [0.1, 0.15) is 18.1 Å². The Morgan fingerprint density at radius 1 is 1.17 bits per heavy atom. The second kappa shape index (κ2) is 9.41. The second-order valence-electron chi connectivity index (χ2n) is 6.18. The Morgan fingerprint density at radius 3 is 2.53 bits per heavy atom. The maximum atomic E-state index is 11.9. The summed E-state index contributed by atoms with van der Waals surface area (Å²) in [4.78, 5) is 34.3. The second-order valence-corrected chi connectivity index (χ2v) is 6.18. The topological polar surface area (TPSA) is 129 Å². The molecule has 156 valence electrons. The minimum absolute atomic E-state index is 0.0308. The molecule has 0 aromatic heterocycles. The predicted octanol–water partition coefficient (Wildman–Crippen LogP) is 2.13. The summed E-state index contributed by atoms with van der Waals surface area (Å²) in [6.07, 6.45) is 3.19. The van der Waals surface area contributed by atoms with Gasteiger partial charge in [-0.25, -0.2) is 0 Å². The molecule has 2 amide bonds. The van der Waals surface area contributed by atoms with E-state index >= 15 is 0 Å². The van der Waals surface area contributed by atoms with Crippen molar-refractivity contribution >= 4 is 23.6 Å². The van der Waals surface area contributed by atoms with Gasteiger partial charge < -0.3 is 14.2 Å². The van der Waals surface area contributed by atoms with Crippen LogP contribution in [0.25, 0.3) is 6.08 Å². The van der Waals surface area contributed by atoms with Gasteiger partial charge in [0.05, 0.1) is 16.6 Å². The Labute approximate surface area is 171 Å². The van der Waals surface area contributed by atoms with E-state index in [1.54, 1.807) is 12.1 Å². The van der Waals surface area contributed by atoms with Gasteiger partial charge in [0.25, 0.3) is 17.5 Å². The molecule has 0 unspecified atom stereocenters. The molecule has 0 fully saturated rings. The molecule has 30 heavy (non-hydrogen) atoms. The van der Waals surface area contributed by atoms with Gasteiger partial charge in [0.15, 0.2) is 18.1 Å². The Kier molecular flexibility index (Phi) is 6.48. The number of nitro groups is 1. The van der Waals surface area contributed by atoms with Crippen molar-refractivity contribution in [3.8, 4) is 17.2 Å². The van der Waals surface area contributed by atoms with E-state index in [1.807, 2.05) is 19.1 Å². The summed E-state index contributed by atoms with van der Waals surface area (Å²) in [6, 6.07) is 9.94. The quantitative estimate of drug-likeness (QED) is 0.404. The largest absolute Gasteiger partial charge is 0.484 e. The molecule has 2 N–H and O–H groups in total. The van der Waals surface area contributed by atoms with Crippen molar-refractivity contribution in [3.63, 3.8) is 0 Å². The smallest absolute Gasteiger partial charge is 0.280 e. The molecule has 10 nitrogen and oxygen atoms in total. The number of hydrazine groups is 1. The number of nitro benzene ring substituents is 1. The van der Waals surface area contributed by atoms with E-state index in [0.29, 0.717) is 11.5 Å². The summed E-state index contributed by atoms with van der Waals surface area (Å²) in [7, 11) is 0. The standard InChI is InChI=1S/C20H19N3O7/c1-2-13-3-6-15(7-4-13)28-11-20(25)22-21-19(24)8-5-14-9-17-18(30-12-29-17)10-16(14)23(26)27/h3-10H,2,11-12H2,1H3,(H,21,24)(H,22,25)/b8-5+. The first-order valence-corrected chi connectivity index (χ1v) is 9.03. The first-order chi connectivity index (χ1) is 14.5. The number of fused-ring (bicyclic) bond motifs is 1. The van der Waals surface area contributed by atoms with Crippen molar-refractivity contribution in [3.05, 3.63) is 63.7 Å². The van der Waals surface area contributed by atoms with Crippen molar-refractivity contribution in [2.75, 3.05) is 13.4 Å². The van der Waals surface area contributed by atoms with Gasteiger partial charge in [-0.2, -0.15) is 0 Å². The molecule has 2 aromatic rings. The van der Waals surface area contributed by atoms with Crippen molar-refractivity contribution in [2.24, 2.45) is 0 Å². The summed E-state index contributed by atoms with van der Waals surface area (Å²) >= 11 is 0. The molecule has 2 aromatic carbocycles. The molecule has 0 spiro atoms. The third kappa shape index (κ3) is 5.25. The molecular formula is C20H19N3O7. The van der Waals surface area contributed by atoms with Crippen LogP contribution < -0.4 is 25.1 Å². The van der Waals surface area contributed by atoms with Crippen LogP contribution >= 0.6 is 0 Å². The number of aryl methyl sites for hydroxylation is 1. The fourth-order valence-electron chi connectivity index (χ4n) is 2.58. The summed E-state index contributed by atoms with van der Waals surface area (Å²) in [5.41, 5.74) is 5.44. The Hall–Kier alpha value is -4.08. The third-order valence-electron chi connectivity index (χ3n) is 4.16. The molecule has 0 atom stereocenters. The van der Waals surface area contributed by atoms with E-state index in [0.717, 1.165) is 18.1 Å². The SMILES string of the molecule is CCc1ccc(OCC(=O)NNC(=O)/C=C/c2cc3c(cc2[N+](=O)[O-])OCO3)cc1. The van der Waals surface area contributed by atoms with Crippen LogP contribution in [0.5, 0.6) is 17.2 Å². The lowest BCUT2D eigenvalue weighted by Gasteiger charge is -2.08. The molecule has 0 aliphatic carbocycles. The summed E-state index contributed by atoms with van der Waals surface area (Å²) < 4.78 is 15.6. The van der Waals surface area contributed by atoms with Gasteiger partial charge in [-0.1, -0.05) is 19.1 Å². The van der Waals surface area contributed by atoms with Gasteiger partial charge in [0.1, 0.15) is 5.75 Å². The van der Waals surface area contributed by atoms with Crippen molar-refractivity contribution < 1.29 is 28.7 Å². The number of rotatable bonds is 7.